The van der Waals surface area contributed by atoms with Crippen molar-refractivity contribution in [2.45, 2.75) is 27.0 Å². The maximum Gasteiger partial charge on any atom is 0.292 e. The first-order chi connectivity index (χ1) is 12.9. The molecule has 0 saturated heterocycles. The number of benzene rings is 1. The number of nitrogens with one attached hydrogen (secondary N) is 2. The number of anilines is 1. The zero-order chi connectivity index (χ0) is 19.4. The van der Waals surface area contributed by atoms with Gasteiger partial charge in [-0.25, -0.2) is 0 Å². The highest BCUT2D eigenvalue weighted by molar-refractivity contribution is 6.01. The molecule has 0 aliphatic carbocycles. The summed E-state index contributed by atoms with van der Waals surface area (Å²) in [6.45, 7) is 4.97. The van der Waals surface area contributed by atoms with Crippen LogP contribution in [0.5, 0.6) is 5.75 Å². The van der Waals surface area contributed by atoms with Crippen LogP contribution in [0.2, 0.25) is 0 Å². The van der Waals surface area contributed by atoms with E-state index in [1.807, 2.05) is 51.0 Å². The van der Waals surface area contributed by atoms with Crippen LogP contribution in [0.4, 0.5) is 5.82 Å². The fraction of sp³-hybridized carbons (Fsp3) is 0.300. The number of nitrogens with zero attached hydrogens (tertiary/aromatic N) is 2. The van der Waals surface area contributed by atoms with Gasteiger partial charge in [-0.1, -0.05) is 12.1 Å². The number of ether oxygens (including phenoxy) is 1. The van der Waals surface area contributed by atoms with Gasteiger partial charge in [-0.15, -0.1) is 0 Å². The molecule has 1 amide bonds. The zero-order valence-electron chi connectivity index (χ0n) is 16.0. The van der Waals surface area contributed by atoms with Crippen LogP contribution in [0.1, 0.15) is 33.1 Å². The molecule has 27 heavy (non-hydrogen) atoms. The number of aryl methyl sites for hydroxylation is 2. The maximum atomic E-state index is 12.3. The van der Waals surface area contributed by atoms with E-state index in [1.165, 1.54) is 0 Å². The van der Waals surface area contributed by atoms with Crippen molar-refractivity contribution in [1.82, 2.24) is 15.1 Å². The molecule has 142 valence electrons. The van der Waals surface area contributed by atoms with Crippen LogP contribution in [0.25, 0.3) is 0 Å². The van der Waals surface area contributed by atoms with Gasteiger partial charge in [0.05, 0.1) is 5.69 Å². The largest absolute Gasteiger partial charge is 0.485 e. The Labute approximate surface area is 158 Å². The summed E-state index contributed by atoms with van der Waals surface area (Å²) in [6.07, 6.45) is 0. The average Bonchev–Trinajstić information content (AvgIpc) is 3.25. The normalized spacial score (nSPS) is 11.0. The monoisotopic (exact) mass is 368 g/mol. The van der Waals surface area contributed by atoms with Crippen LogP contribution in [0, 0.1) is 13.8 Å². The van der Waals surface area contributed by atoms with Crippen molar-refractivity contribution in [3.63, 3.8) is 0 Å². The molecule has 7 heteroatoms. The summed E-state index contributed by atoms with van der Waals surface area (Å²) in [6, 6.07) is 11.2. The lowest BCUT2D eigenvalue weighted by molar-refractivity contribution is 0.0992. The molecule has 0 radical (unpaired) electrons. The molecular weight excluding hydrogens is 344 g/mol. The van der Waals surface area contributed by atoms with Crippen molar-refractivity contribution in [3.8, 4) is 5.75 Å². The number of aromatic nitrogens is 2. The van der Waals surface area contributed by atoms with Gasteiger partial charge >= 0.3 is 0 Å². The molecule has 0 aliphatic rings. The van der Waals surface area contributed by atoms with Gasteiger partial charge in [0.15, 0.2) is 11.6 Å². The number of carbonyl (C=O) groups excluding carboxylic acids is 1. The Bertz CT molecular complexity index is 927. The van der Waals surface area contributed by atoms with E-state index in [9.17, 15) is 4.79 Å². The Morgan fingerprint density at radius 2 is 2.04 bits per heavy atom. The van der Waals surface area contributed by atoms with Gasteiger partial charge in [-0.05, 0) is 57.3 Å². The van der Waals surface area contributed by atoms with Gasteiger partial charge in [-0.2, -0.15) is 5.10 Å². The van der Waals surface area contributed by atoms with Crippen LogP contribution in [0.3, 0.4) is 0 Å². The highest BCUT2D eigenvalue weighted by Gasteiger charge is 2.14. The molecule has 0 bridgehead atoms. The van der Waals surface area contributed by atoms with Crippen LogP contribution in [0.15, 0.2) is 40.8 Å². The van der Waals surface area contributed by atoms with Crippen LogP contribution >= 0.6 is 0 Å². The van der Waals surface area contributed by atoms with Gasteiger partial charge < -0.3 is 19.4 Å². The third-order valence-corrected chi connectivity index (χ3v) is 3.96. The smallest absolute Gasteiger partial charge is 0.292 e. The van der Waals surface area contributed by atoms with E-state index in [2.05, 4.69) is 15.5 Å². The molecule has 0 unspecified atom stereocenters. The number of hydrogen-bond acceptors (Lipinski definition) is 5. The second-order valence-electron chi connectivity index (χ2n) is 6.79. The first kappa shape index (κ1) is 18.7. The average molecular weight is 368 g/mol. The topological polar surface area (TPSA) is 83.4 Å². The first-order valence-corrected chi connectivity index (χ1v) is 8.70. The van der Waals surface area contributed by atoms with E-state index in [1.54, 1.807) is 18.2 Å². The second kappa shape index (κ2) is 8.09. The van der Waals surface area contributed by atoms with Gasteiger partial charge in [0.1, 0.15) is 18.1 Å². The zero-order valence-corrected chi connectivity index (χ0v) is 16.0. The fourth-order valence-electron chi connectivity index (χ4n) is 2.61. The van der Waals surface area contributed by atoms with Crippen molar-refractivity contribution in [1.29, 1.82) is 0 Å². The highest BCUT2D eigenvalue weighted by atomic mass is 16.5. The molecular formula is C20H24N4O3. The Balaban J connectivity index is 1.59. The Morgan fingerprint density at radius 1 is 1.22 bits per heavy atom. The summed E-state index contributed by atoms with van der Waals surface area (Å²) in [4.78, 5) is 14.3. The van der Waals surface area contributed by atoms with E-state index >= 15 is 0 Å². The van der Waals surface area contributed by atoms with E-state index in [0.717, 1.165) is 22.6 Å². The number of carbonyl (C=O) groups is 1. The van der Waals surface area contributed by atoms with Gasteiger partial charge in [0.2, 0.25) is 0 Å². The van der Waals surface area contributed by atoms with Gasteiger partial charge in [0.25, 0.3) is 5.91 Å². The molecule has 0 fully saturated rings. The molecule has 0 spiro atoms. The Morgan fingerprint density at radius 3 is 2.81 bits per heavy atom. The minimum Gasteiger partial charge on any atom is -0.485 e. The molecule has 3 aromatic rings. The summed E-state index contributed by atoms with van der Waals surface area (Å²) in [7, 11) is 3.92. The van der Waals surface area contributed by atoms with Crippen molar-refractivity contribution in [2.75, 3.05) is 19.4 Å². The molecule has 1 aromatic carbocycles. The summed E-state index contributed by atoms with van der Waals surface area (Å²) in [5.74, 6) is 1.71. The number of rotatable bonds is 7. The third kappa shape index (κ3) is 4.98. The lowest BCUT2D eigenvalue weighted by atomic mass is 10.1. The predicted molar refractivity (Wildman–Crippen MR) is 103 cm³/mol. The molecule has 2 aromatic heterocycles. The number of amides is 1. The quantitative estimate of drug-likeness (QED) is 0.667. The maximum absolute atomic E-state index is 12.3. The lowest BCUT2D eigenvalue weighted by Crippen LogP contribution is -2.11. The van der Waals surface area contributed by atoms with E-state index < -0.39 is 0 Å². The van der Waals surface area contributed by atoms with Crippen LogP contribution < -0.4 is 10.1 Å². The van der Waals surface area contributed by atoms with Crippen LogP contribution in [-0.4, -0.2) is 35.1 Å². The molecule has 0 aliphatic heterocycles. The van der Waals surface area contributed by atoms with Crippen molar-refractivity contribution < 1.29 is 13.9 Å². The van der Waals surface area contributed by atoms with E-state index in [-0.39, 0.29) is 18.3 Å². The van der Waals surface area contributed by atoms with Crippen LogP contribution in [-0.2, 0) is 13.2 Å². The second-order valence-corrected chi connectivity index (χ2v) is 6.79. The predicted octanol–water partition coefficient (Wildman–Crippen LogP) is 3.51. The molecule has 0 saturated carbocycles. The summed E-state index contributed by atoms with van der Waals surface area (Å²) in [5.41, 5.74) is 3.09. The number of hydrogen-bond donors (Lipinski definition) is 2. The summed E-state index contributed by atoms with van der Waals surface area (Å²) in [5, 5.41) is 9.70. The third-order valence-electron chi connectivity index (χ3n) is 3.96. The van der Waals surface area contributed by atoms with Crippen molar-refractivity contribution >= 4 is 11.7 Å². The van der Waals surface area contributed by atoms with Gasteiger partial charge in [-0.3, -0.25) is 9.89 Å². The first-order valence-electron chi connectivity index (χ1n) is 8.70. The molecule has 7 nitrogen and oxygen atoms in total. The SMILES string of the molecule is Cc1ccc(C)c(OCc2ccc(C(=O)Nc3cc(CN(C)C)[nH]n3)o2)c1. The summed E-state index contributed by atoms with van der Waals surface area (Å²) < 4.78 is 11.4. The Kier molecular flexibility index (Phi) is 5.61. The standard InChI is InChI=1S/C20H24N4O3/c1-13-5-6-14(2)18(9-13)26-12-16-7-8-17(27-16)20(25)21-19-10-15(22-23-19)11-24(3)4/h5-10H,11-12H2,1-4H3,(H2,21,22,23,25). The molecule has 0 atom stereocenters. The van der Waals surface area contributed by atoms with E-state index in [4.69, 9.17) is 9.15 Å². The molecule has 2 N–H and O–H groups in total. The fourth-order valence-corrected chi connectivity index (χ4v) is 2.61. The highest BCUT2D eigenvalue weighted by Crippen LogP contribution is 2.21. The summed E-state index contributed by atoms with van der Waals surface area (Å²) >= 11 is 0. The number of furan rings is 1. The minimum absolute atomic E-state index is 0.215. The molecule has 2 heterocycles. The molecule has 3 rings (SSSR count). The Hall–Kier alpha value is -3.06. The number of H-pyrrole nitrogens is 1. The van der Waals surface area contributed by atoms with E-state index in [0.29, 0.717) is 18.1 Å². The van der Waals surface area contributed by atoms with Crippen molar-refractivity contribution in [2.24, 2.45) is 0 Å². The minimum atomic E-state index is -0.351. The lowest BCUT2D eigenvalue weighted by Gasteiger charge is -2.08. The number of aromatic amines is 1. The van der Waals surface area contributed by atoms with Crippen molar-refractivity contribution in [3.05, 3.63) is 64.7 Å². The van der Waals surface area contributed by atoms with Gasteiger partial charge in [0, 0.05) is 12.6 Å².